The van der Waals surface area contributed by atoms with Crippen LogP contribution in [0.4, 0.5) is 0 Å². The van der Waals surface area contributed by atoms with Crippen molar-refractivity contribution < 1.29 is 47.2 Å². The van der Waals surface area contributed by atoms with E-state index in [9.17, 15) is 14.4 Å². The van der Waals surface area contributed by atoms with E-state index in [1.807, 2.05) is 134 Å². The van der Waals surface area contributed by atoms with E-state index in [4.69, 9.17) is 26.0 Å². The number of ether oxygens (including phenoxy) is 3. The van der Waals surface area contributed by atoms with E-state index in [1.54, 1.807) is 11.1 Å². The predicted octanol–water partition coefficient (Wildman–Crippen LogP) is 6.34. The smallest absolute Gasteiger partial charge is 0.320 e. The van der Waals surface area contributed by atoms with Crippen molar-refractivity contribution in [2.75, 3.05) is 32.7 Å². The quantitative estimate of drug-likeness (QED) is 0.0422. The number of nitrogens with zero attached hydrogens (tertiary/aromatic N) is 3. The zero-order valence-corrected chi connectivity index (χ0v) is 36.1. The van der Waals surface area contributed by atoms with Crippen LogP contribution in [-0.4, -0.2) is 82.2 Å². The summed E-state index contributed by atoms with van der Waals surface area (Å²) in [5.41, 5.74) is 1.43. The van der Waals surface area contributed by atoms with Crippen LogP contribution in [0.1, 0.15) is 79.1 Å². The molecule has 0 spiro atoms. The zero-order chi connectivity index (χ0) is 42.5. The van der Waals surface area contributed by atoms with E-state index in [2.05, 4.69) is 23.6 Å². The number of pyridine rings is 1. The van der Waals surface area contributed by atoms with Crippen LogP contribution in [0.25, 0.3) is 0 Å². The first-order chi connectivity index (χ1) is 26.7. The highest BCUT2D eigenvalue weighted by molar-refractivity contribution is 7.94. The molecule has 0 unspecified atom stereocenters. The molecule has 316 valence electrons. The molecule has 0 aliphatic heterocycles. The van der Waals surface area contributed by atoms with Gasteiger partial charge in [0.05, 0.1) is 49.4 Å². The van der Waals surface area contributed by atoms with E-state index in [0.717, 1.165) is 57.1 Å². The second kappa shape index (κ2) is 25.0. The number of carbonyl (C=O) groups excluding carboxylic acids is 3. The van der Waals surface area contributed by atoms with Gasteiger partial charge >= 0.3 is 17.9 Å². The normalized spacial score (nSPS) is 11.9. The third kappa shape index (κ3) is 24.7. The Labute approximate surface area is 345 Å². The Morgan fingerprint density at radius 2 is 0.965 bits per heavy atom. The summed E-state index contributed by atoms with van der Waals surface area (Å²) in [5.74, 6) is 8.65. The van der Waals surface area contributed by atoms with Gasteiger partial charge in [0.25, 0.3) is 0 Å². The van der Waals surface area contributed by atoms with E-state index in [1.165, 1.54) is 0 Å². The van der Waals surface area contributed by atoms with Gasteiger partial charge in [0, 0.05) is 35.6 Å². The molecule has 0 aliphatic carbocycles. The van der Waals surface area contributed by atoms with Crippen molar-refractivity contribution in [1.82, 2.24) is 14.8 Å². The van der Waals surface area contributed by atoms with Gasteiger partial charge in [0.2, 0.25) is 0 Å². The van der Waals surface area contributed by atoms with E-state index in [-0.39, 0.29) is 37.5 Å². The first-order valence-corrected chi connectivity index (χ1v) is 19.8. The van der Waals surface area contributed by atoms with Crippen LogP contribution in [0.5, 0.6) is 0 Å². The first-order valence-electron chi connectivity index (χ1n) is 18.3. The number of hydrogen-bond donors (Lipinski definition) is 2. The van der Waals surface area contributed by atoms with Crippen molar-refractivity contribution in [2.24, 2.45) is 11.8 Å². The molecular formula is C40H59N5O10S2. The standard InChI is InChI=1S/C20H27N3O4S.C20H32N2O6S/c1-20(2,3)25-19(24)15-23(14-17-6-4-5-12-22-17)13-11-16-7-9-18(10-8-16)28-27-26-21;1-19(2,3)25-17(23)13-22(14-18(24)26-20(4,5)6)12-11-15-7-9-16(10-8-15)29-28-27-21/h4-10,12H,11,13-15,21H2,1-3H3;7-10H,11-14,21H2,1-6H3. The average Bonchev–Trinajstić information content (AvgIpc) is 3.10. The summed E-state index contributed by atoms with van der Waals surface area (Å²) in [4.78, 5) is 54.8. The lowest BCUT2D eigenvalue weighted by molar-refractivity contribution is -0.195. The molecule has 57 heavy (non-hydrogen) atoms. The van der Waals surface area contributed by atoms with Gasteiger partial charge < -0.3 is 14.2 Å². The maximum atomic E-state index is 12.3. The topological polar surface area (TPSA) is 187 Å². The zero-order valence-electron chi connectivity index (χ0n) is 34.5. The Morgan fingerprint density at radius 1 is 0.579 bits per heavy atom. The first kappa shape index (κ1) is 49.5. The minimum Gasteiger partial charge on any atom is -0.459 e. The van der Waals surface area contributed by atoms with Crippen LogP contribution < -0.4 is 11.8 Å². The SMILES string of the molecule is CC(C)(C)OC(=O)CN(CCc1ccc(SOON)cc1)CC(=O)OC(C)(C)C.CC(C)(C)OC(=O)CN(CCc1ccc(SOON)cc1)Cc1ccccn1. The average molecular weight is 834 g/mol. The van der Waals surface area contributed by atoms with Crippen LogP contribution in [0.2, 0.25) is 0 Å². The number of nitrogens with two attached hydrogens (primary N) is 2. The molecule has 0 saturated heterocycles. The molecule has 0 radical (unpaired) electrons. The molecule has 2 aromatic carbocycles. The molecule has 0 bridgehead atoms. The van der Waals surface area contributed by atoms with Crippen molar-refractivity contribution in [3.05, 3.63) is 89.7 Å². The molecule has 0 atom stereocenters. The molecule has 0 saturated carbocycles. The highest BCUT2D eigenvalue weighted by atomic mass is 32.2. The lowest BCUT2D eigenvalue weighted by atomic mass is 10.1. The van der Waals surface area contributed by atoms with Crippen LogP contribution >= 0.6 is 24.1 Å². The van der Waals surface area contributed by atoms with Gasteiger partial charge in [-0.1, -0.05) is 30.3 Å². The maximum Gasteiger partial charge on any atom is 0.320 e. The molecular weight excluding hydrogens is 775 g/mol. The summed E-state index contributed by atoms with van der Waals surface area (Å²) < 4.78 is 25.5. The van der Waals surface area contributed by atoms with Crippen molar-refractivity contribution >= 4 is 42.0 Å². The summed E-state index contributed by atoms with van der Waals surface area (Å²) >= 11 is 2.04. The second-order valence-corrected chi connectivity index (χ2v) is 17.3. The lowest BCUT2D eigenvalue weighted by Gasteiger charge is -2.26. The lowest BCUT2D eigenvalue weighted by Crippen LogP contribution is -2.40. The fraction of sp³-hybridized carbons (Fsp3) is 0.500. The molecule has 0 aliphatic rings. The highest BCUT2D eigenvalue weighted by Crippen LogP contribution is 2.21. The Morgan fingerprint density at radius 3 is 1.32 bits per heavy atom. The van der Waals surface area contributed by atoms with Crippen LogP contribution in [0.3, 0.4) is 0 Å². The fourth-order valence-electron chi connectivity index (χ4n) is 4.93. The molecule has 3 rings (SSSR count). The molecule has 0 amide bonds. The molecule has 0 fully saturated rings. The van der Waals surface area contributed by atoms with Crippen LogP contribution in [-0.2, 0) is 66.6 Å². The van der Waals surface area contributed by atoms with Crippen molar-refractivity contribution in [3.63, 3.8) is 0 Å². The van der Waals surface area contributed by atoms with E-state index >= 15 is 0 Å². The highest BCUT2D eigenvalue weighted by Gasteiger charge is 2.24. The largest absolute Gasteiger partial charge is 0.459 e. The van der Waals surface area contributed by atoms with Gasteiger partial charge in [-0.05, 0) is 123 Å². The minimum absolute atomic E-state index is 0.00608. The third-order valence-electron chi connectivity index (χ3n) is 7.05. The third-order valence-corrected chi connectivity index (χ3v) is 8.27. The van der Waals surface area contributed by atoms with Crippen molar-refractivity contribution in [1.29, 1.82) is 0 Å². The summed E-state index contributed by atoms with van der Waals surface area (Å²) in [7, 11) is 0. The Bertz CT molecular complexity index is 1590. The van der Waals surface area contributed by atoms with Gasteiger partial charge in [-0.15, -0.1) is 18.6 Å². The van der Waals surface area contributed by atoms with Crippen molar-refractivity contribution in [2.45, 2.75) is 108 Å². The van der Waals surface area contributed by atoms with Crippen LogP contribution in [0.15, 0.2) is 82.7 Å². The predicted molar refractivity (Wildman–Crippen MR) is 218 cm³/mol. The summed E-state index contributed by atoms with van der Waals surface area (Å²) in [6.07, 6.45) is 3.18. The van der Waals surface area contributed by atoms with Gasteiger partial charge in [-0.2, -0.15) is 11.8 Å². The van der Waals surface area contributed by atoms with Gasteiger partial charge in [0.1, 0.15) is 16.8 Å². The summed E-state index contributed by atoms with van der Waals surface area (Å²) in [5, 5.41) is 0. The van der Waals surface area contributed by atoms with E-state index < -0.39 is 16.8 Å². The van der Waals surface area contributed by atoms with Gasteiger partial charge in [-0.25, -0.2) is 0 Å². The summed E-state index contributed by atoms with van der Waals surface area (Å²) in [6.45, 7) is 18.4. The molecule has 1 heterocycles. The number of rotatable bonds is 20. The molecule has 4 N–H and O–H groups in total. The monoisotopic (exact) mass is 833 g/mol. The Balaban J connectivity index is 0.000000394. The minimum atomic E-state index is -0.586. The summed E-state index contributed by atoms with van der Waals surface area (Å²) in [6, 6.07) is 21.2. The number of benzene rings is 2. The fourth-order valence-corrected chi connectivity index (χ4v) is 5.66. The number of carbonyl (C=O) groups is 3. The number of aromatic nitrogens is 1. The number of hydrogen-bond acceptors (Lipinski definition) is 17. The number of esters is 3. The van der Waals surface area contributed by atoms with Gasteiger partial charge in [-0.3, -0.25) is 29.2 Å². The molecule has 15 nitrogen and oxygen atoms in total. The Hall–Kier alpha value is -3.62. The van der Waals surface area contributed by atoms with Crippen molar-refractivity contribution in [3.8, 4) is 0 Å². The van der Waals surface area contributed by atoms with Crippen LogP contribution in [0, 0.1) is 0 Å². The van der Waals surface area contributed by atoms with Gasteiger partial charge in [0.15, 0.2) is 0 Å². The molecule has 1 aromatic heterocycles. The Kier molecular flexibility index (Phi) is 21.7. The molecule has 17 heteroatoms. The van der Waals surface area contributed by atoms with E-state index in [0.29, 0.717) is 26.1 Å². The molecule has 3 aromatic rings. The second-order valence-electron chi connectivity index (χ2n) is 15.8. The maximum absolute atomic E-state index is 12.3.